The molecule has 8 heteroatoms. The zero-order valence-corrected chi connectivity index (χ0v) is 16.4. The number of hydrogen-bond acceptors (Lipinski definition) is 4. The standard InChI is InChI=1S/C19H25FN4O2S/c1-3-21-19(23-11-9-18-6-4-5-10-22-18)24-13-16-12-17(20)8-7-15(16)14-27(2,25)26/h4-8,10,12H,3,9,11,13-14H2,1-2H3,(H2,21,23,24). The van der Waals surface area contributed by atoms with E-state index in [1.807, 2.05) is 25.1 Å². The van der Waals surface area contributed by atoms with E-state index in [1.54, 1.807) is 6.20 Å². The maximum atomic E-state index is 13.6. The number of nitrogens with one attached hydrogen (secondary N) is 2. The van der Waals surface area contributed by atoms with Crippen LogP contribution in [0.5, 0.6) is 0 Å². The first-order valence-electron chi connectivity index (χ1n) is 8.74. The first kappa shape index (κ1) is 20.8. The third-order valence-electron chi connectivity index (χ3n) is 3.74. The van der Waals surface area contributed by atoms with Gasteiger partial charge < -0.3 is 10.6 Å². The number of pyridine rings is 1. The van der Waals surface area contributed by atoms with E-state index in [1.165, 1.54) is 18.2 Å². The fraction of sp³-hybridized carbons (Fsp3) is 0.368. The number of aliphatic imine (C=N–C) groups is 1. The van der Waals surface area contributed by atoms with E-state index in [-0.39, 0.29) is 12.3 Å². The Morgan fingerprint density at radius 1 is 1.19 bits per heavy atom. The molecule has 0 unspecified atom stereocenters. The van der Waals surface area contributed by atoms with Crippen LogP contribution in [0.4, 0.5) is 4.39 Å². The average Bonchev–Trinajstić information content (AvgIpc) is 2.61. The first-order chi connectivity index (χ1) is 12.9. The first-order valence-corrected chi connectivity index (χ1v) is 10.8. The van der Waals surface area contributed by atoms with E-state index in [4.69, 9.17) is 0 Å². The minimum Gasteiger partial charge on any atom is -0.357 e. The van der Waals surface area contributed by atoms with Gasteiger partial charge in [0.15, 0.2) is 15.8 Å². The summed E-state index contributed by atoms with van der Waals surface area (Å²) < 4.78 is 36.8. The number of halogens is 1. The molecule has 0 aliphatic heterocycles. The van der Waals surface area contributed by atoms with Crippen molar-refractivity contribution >= 4 is 15.8 Å². The predicted octanol–water partition coefficient (Wildman–Crippen LogP) is 2.06. The molecular formula is C19H25FN4O2S. The van der Waals surface area contributed by atoms with Crippen LogP contribution in [0.15, 0.2) is 47.6 Å². The summed E-state index contributed by atoms with van der Waals surface area (Å²) in [5.41, 5.74) is 2.09. The zero-order valence-electron chi connectivity index (χ0n) is 15.6. The molecular weight excluding hydrogens is 367 g/mol. The summed E-state index contributed by atoms with van der Waals surface area (Å²) in [4.78, 5) is 8.73. The van der Waals surface area contributed by atoms with E-state index < -0.39 is 15.7 Å². The van der Waals surface area contributed by atoms with Gasteiger partial charge in [0.1, 0.15) is 5.82 Å². The molecule has 1 aromatic carbocycles. The largest absolute Gasteiger partial charge is 0.357 e. The van der Waals surface area contributed by atoms with Crippen molar-refractivity contribution < 1.29 is 12.8 Å². The number of nitrogens with zero attached hydrogens (tertiary/aromatic N) is 2. The number of hydrogen-bond donors (Lipinski definition) is 2. The Hall–Kier alpha value is -2.48. The molecule has 146 valence electrons. The minimum atomic E-state index is -3.22. The van der Waals surface area contributed by atoms with Gasteiger partial charge in [-0.05, 0) is 42.3 Å². The van der Waals surface area contributed by atoms with Crippen molar-refractivity contribution in [2.45, 2.75) is 25.6 Å². The Balaban J connectivity index is 2.06. The number of rotatable bonds is 8. The van der Waals surface area contributed by atoms with Crippen LogP contribution in [-0.2, 0) is 28.6 Å². The molecule has 0 fully saturated rings. The van der Waals surface area contributed by atoms with Crippen LogP contribution in [0.2, 0.25) is 0 Å². The summed E-state index contributed by atoms with van der Waals surface area (Å²) in [7, 11) is -3.22. The van der Waals surface area contributed by atoms with E-state index in [2.05, 4.69) is 20.6 Å². The van der Waals surface area contributed by atoms with Gasteiger partial charge in [0.2, 0.25) is 0 Å². The molecule has 0 amide bonds. The van der Waals surface area contributed by atoms with Crippen LogP contribution in [0.1, 0.15) is 23.7 Å². The number of benzene rings is 1. The second-order valence-electron chi connectivity index (χ2n) is 6.18. The van der Waals surface area contributed by atoms with Crippen molar-refractivity contribution in [3.63, 3.8) is 0 Å². The molecule has 0 bridgehead atoms. The maximum Gasteiger partial charge on any atom is 0.191 e. The highest BCUT2D eigenvalue weighted by molar-refractivity contribution is 7.89. The monoisotopic (exact) mass is 392 g/mol. The van der Waals surface area contributed by atoms with Crippen molar-refractivity contribution in [2.75, 3.05) is 19.3 Å². The van der Waals surface area contributed by atoms with Gasteiger partial charge in [-0.15, -0.1) is 0 Å². The SMILES string of the molecule is CCNC(=NCc1cc(F)ccc1CS(C)(=O)=O)NCCc1ccccn1. The second kappa shape index (κ2) is 10.0. The summed E-state index contributed by atoms with van der Waals surface area (Å²) in [6, 6.07) is 9.87. The molecule has 0 saturated heterocycles. The third-order valence-corrected chi connectivity index (χ3v) is 4.57. The van der Waals surface area contributed by atoms with Crippen LogP contribution in [-0.4, -0.2) is 38.7 Å². The lowest BCUT2D eigenvalue weighted by atomic mass is 10.1. The Kier molecular flexibility index (Phi) is 7.72. The van der Waals surface area contributed by atoms with Crippen molar-refractivity contribution in [3.05, 3.63) is 65.2 Å². The molecule has 0 atom stereocenters. The van der Waals surface area contributed by atoms with Gasteiger partial charge in [0, 0.05) is 37.7 Å². The fourth-order valence-corrected chi connectivity index (χ4v) is 3.37. The smallest absolute Gasteiger partial charge is 0.191 e. The summed E-state index contributed by atoms with van der Waals surface area (Å²) >= 11 is 0. The Bertz CT molecular complexity index is 871. The lowest BCUT2D eigenvalue weighted by Crippen LogP contribution is -2.38. The number of guanidine groups is 1. The molecule has 2 N–H and O–H groups in total. The van der Waals surface area contributed by atoms with Gasteiger partial charge in [-0.3, -0.25) is 4.98 Å². The highest BCUT2D eigenvalue weighted by Gasteiger charge is 2.10. The van der Waals surface area contributed by atoms with E-state index in [0.29, 0.717) is 30.2 Å². The molecule has 2 rings (SSSR count). The van der Waals surface area contributed by atoms with Gasteiger partial charge in [0.25, 0.3) is 0 Å². The fourth-order valence-electron chi connectivity index (χ4n) is 2.53. The molecule has 27 heavy (non-hydrogen) atoms. The number of sulfone groups is 1. The lowest BCUT2D eigenvalue weighted by Gasteiger charge is -2.12. The summed E-state index contributed by atoms with van der Waals surface area (Å²) in [5.74, 6) is 0.0375. The Morgan fingerprint density at radius 3 is 2.67 bits per heavy atom. The van der Waals surface area contributed by atoms with Crippen LogP contribution in [0, 0.1) is 5.82 Å². The van der Waals surface area contributed by atoms with Crippen LogP contribution >= 0.6 is 0 Å². The third kappa shape index (κ3) is 7.74. The van der Waals surface area contributed by atoms with Crippen molar-refractivity contribution in [2.24, 2.45) is 4.99 Å². The maximum absolute atomic E-state index is 13.6. The molecule has 0 aliphatic carbocycles. The molecule has 1 aromatic heterocycles. The van der Waals surface area contributed by atoms with Gasteiger partial charge in [-0.25, -0.2) is 17.8 Å². The van der Waals surface area contributed by atoms with Gasteiger partial charge in [-0.1, -0.05) is 12.1 Å². The highest BCUT2D eigenvalue weighted by Crippen LogP contribution is 2.15. The van der Waals surface area contributed by atoms with Crippen LogP contribution in [0.25, 0.3) is 0 Å². The summed E-state index contributed by atoms with van der Waals surface area (Å²) in [5, 5.41) is 6.34. The van der Waals surface area contributed by atoms with Gasteiger partial charge >= 0.3 is 0 Å². The highest BCUT2D eigenvalue weighted by atomic mass is 32.2. The average molecular weight is 393 g/mol. The molecule has 0 spiro atoms. The van der Waals surface area contributed by atoms with E-state index >= 15 is 0 Å². The molecule has 1 heterocycles. The topological polar surface area (TPSA) is 83.5 Å². The lowest BCUT2D eigenvalue weighted by molar-refractivity contribution is 0.600. The molecule has 0 saturated carbocycles. The van der Waals surface area contributed by atoms with E-state index in [0.717, 1.165) is 18.4 Å². The summed E-state index contributed by atoms with van der Waals surface area (Å²) in [6.07, 6.45) is 3.65. The molecule has 2 aromatic rings. The Morgan fingerprint density at radius 2 is 2.00 bits per heavy atom. The molecule has 0 aliphatic rings. The van der Waals surface area contributed by atoms with Gasteiger partial charge in [-0.2, -0.15) is 0 Å². The van der Waals surface area contributed by atoms with Crippen molar-refractivity contribution in [1.82, 2.24) is 15.6 Å². The van der Waals surface area contributed by atoms with E-state index in [9.17, 15) is 12.8 Å². The van der Waals surface area contributed by atoms with Crippen LogP contribution in [0.3, 0.4) is 0 Å². The van der Waals surface area contributed by atoms with Gasteiger partial charge in [0.05, 0.1) is 12.3 Å². The summed E-state index contributed by atoms with van der Waals surface area (Å²) in [6.45, 7) is 3.45. The van der Waals surface area contributed by atoms with Crippen LogP contribution < -0.4 is 10.6 Å². The molecule has 6 nitrogen and oxygen atoms in total. The van der Waals surface area contributed by atoms with Crippen molar-refractivity contribution in [1.29, 1.82) is 0 Å². The Labute approximate surface area is 159 Å². The minimum absolute atomic E-state index is 0.137. The predicted molar refractivity (Wildman–Crippen MR) is 106 cm³/mol. The zero-order chi connectivity index (χ0) is 19.7. The van der Waals surface area contributed by atoms with Crippen molar-refractivity contribution in [3.8, 4) is 0 Å². The number of aromatic nitrogens is 1. The quantitative estimate of drug-likeness (QED) is 0.531. The normalized spacial score (nSPS) is 12.0. The molecule has 0 radical (unpaired) electrons. The second-order valence-corrected chi connectivity index (χ2v) is 8.32.